The molecule has 2 aromatic rings. The van der Waals surface area contributed by atoms with Gasteiger partial charge in [0.05, 0.1) is 24.6 Å². The average Bonchev–Trinajstić information content (AvgIpc) is 2.83. The molecule has 0 aliphatic heterocycles. The van der Waals surface area contributed by atoms with E-state index in [-0.39, 0.29) is 5.78 Å². The number of thioether (sulfide) groups is 1. The molecule has 0 N–H and O–H groups in total. The maximum atomic E-state index is 11.9. The molecule has 1 aromatic heterocycles. The van der Waals surface area contributed by atoms with Gasteiger partial charge >= 0.3 is 0 Å². The van der Waals surface area contributed by atoms with Gasteiger partial charge in [0.15, 0.2) is 5.78 Å². The van der Waals surface area contributed by atoms with Crippen molar-refractivity contribution in [2.75, 3.05) is 12.9 Å². The first kappa shape index (κ1) is 12.7. The lowest BCUT2D eigenvalue weighted by Gasteiger charge is -2.06. The number of para-hydroxylation sites is 1. The predicted octanol–water partition coefficient (Wildman–Crippen LogP) is 2.40. The first-order chi connectivity index (χ1) is 8.70. The number of hydrogen-bond acceptors (Lipinski definition) is 4. The van der Waals surface area contributed by atoms with Crippen LogP contribution in [0.3, 0.4) is 0 Å². The highest BCUT2D eigenvalue weighted by atomic mass is 32.2. The van der Waals surface area contributed by atoms with E-state index >= 15 is 0 Å². The van der Waals surface area contributed by atoms with Crippen LogP contribution < -0.4 is 4.74 Å². The average molecular weight is 262 g/mol. The molecule has 0 radical (unpaired) electrons. The molecule has 1 aromatic carbocycles. The number of hydrogen-bond donors (Lipinski definition) is 0. The summed E-state index contributed by atoms with van der Waals surface area (Å²) in [6, 6.07) is 7.67. The van der Waals surface area contributed by atoms with Gasteiger partial charge in [-0.1, -0.05) is 12.1 Å². The Morgan fingerprint density at radius 1 is 1.44 bits per heavy atom. The van der Waals surface area contributed by atoms with E-state index in [9.17, 15) is 4.79 Å². The number of ketones is 1. The maximum Gasteiger partial charge on any atom is 0.176 e. The van der Waals surface area contributed by atoms with E-state index in [4.69, 9.17) is 4.74 Å². The molecule has 5 heteroatoms. The lowest BCUT2D eigenvalue weighted by atomic mass is 10.3. The largest absolute Gasteiger partial charge is 0.496 e. The Labute approximate surface area is 110 Å². The van der Waals surface area contributed by atoms with Crippen LogP contribution in [0.1, 0.15) is 10.4 Å². The van der Waals surface area contributed by atoms with Gasteiger partial charge in [0.25, 0.3) is 0 Å². The van der Waals surface area contributed by atoms with Gasteiger partial charge in [-0.05, 0) is 12.1 Å². The smallest absolute Gasteiger partial charge is 0.176 e. The van der Waals surface area contributed by atoms with Gasteiger partial charge in [-0.3, -0.25) is 9.48 Å². The molecule has 4 nitrogen and oxygen atoms in total. The minimum atomic E-state index is 0.0685. The van der Waals surface area contributed by atoms with E-state index in [1.807, 2.05) is 24.3 Å². The van der Waals surface area contributed by atoms with E-state index < -0.39 is 0 Å². The fourth-order valence-electron chi connectivity index (χ4n) is 1.53. The highest BCUT2D eigenvalue weighted by Gasteiger charge is 2.10. The molecule has 18 heavy (non-hydrogen) atoms. The van der Waals surface area contributed by atoms with Crippen LogP contribution in [0.4, 0.5) is 0 Å². The van der Waals surface area contributed by atoms with Gasteiger partial charge in [-0.25, -0.2) is 0 Å². The number of aryl methyl sites for hydroxylation is 1. The summed E-state index contributed by atoms with van der Waals surface area (Å²) in [5.74, 6) is 1.24. The van der Waals surface area contributed by atoms with Crippen LogP contribution in [0.15, 0.2) is 41.6 Å². The monoisotopic (exact) mass is 262 g/mol. The Bertz CT molecular complexity index is 551. The van der Waals surface area contributed by atoms with Crippen LogP contribution in [-0.4, -0.2) is 28.4 Å². The number of methoxy groups -OCH3 is 1. The zero-order chi connectivity index (χ0) is 13.0. The summed E-state index contributed by atoms with van der Waals surface area (Å²) < 4.78 is 6.86. The molecule has 0 saturated heterocycles. The molecule has 0 aliphatic rings. The van der Waals surface area contributed by atoms with Crippen molar-refractivity contribution >= 4 is 17.5 Å². The topological polar surface area (TPSA) is 44.1 Å². The zero-order valence-corrected chi connectivity index (χ0v) is 11.1. The van der Waals surface area contributed by atoms with E-state index in [1.165, 1.54) is 11.8 Å². The van der Waals surface area contributed by atoms with Crippen LogP contribution >= 0.6 is 11.8 Å². The minimum absolute atomic E-state index is 0.0685. The summed E-state index contributed by atoms with van der Waals surface area (Å²) in [4.78, 5) is 12.9. The predicted molar refractivity (Wildman–Crippen MR) is 71.3 cm³/mol. The van der Waals surface area contributed by atoms with Crippen molar-refractivity contribution < 1.29 is 9.53 Å². The Morgan fingerprint density at radius 2 is 2.22 bits per heavy atom. The lowest BCUT2D eigenvalue weighted by Crippen LogP contribution is -2.01. The van der Waals surface area contributed by atoms with E-state index in [2.05, 4.69) is 5.10 Å². The number of aromatic nitrogens is 2. The van der Waals surface area contributed by atoms with E-state index in [0.717, 1.165) is 10.6 Å². The van der Waals surface area contributed by atoms with Crippen LogP contribution in [0.5, 0.6) is 5.75 Å². The molecule has 0 atom stereocenters. The van der Waals surface area contributed by atoms with Crippen molar-refractivity contribution in [3.05, 3.63) is 42.2 Å². The number of benzene rings is 1. The van der Waals surface area contributed by atoms with Gasteiger partial charge in [0.1, 0.15) is 5.75 Å². The summed E-state index contributed by atoms with van der Waals surface area (Å²) in [5.41, 5.74) is 0.639. The summed E-state index contributed by atoms with van der Waals surface area (Å²) in [6.07, 6.45) is 3.32. The molecule has 1 heterocycles. The molecule has 0 unspecified atom stereocenters. The molecule has 0 amide bonds. The van der Waals surface area contributed by atoms with Crippen LogP contribution in [-0.2, 0) is 7.05 Å². The Kier molecular flexibility index (Phi) is 4.04. The second kappa shape index (κ2) is 5.73. The van der Waals surface area contributed by atoms with E-state index in [0.29, 0.717) is 11.3 Å². The highest BCUT2D eigenvalue weighted by molar-refractivity contribution is 8.00. The third-order valence-corrected chi connectivity index (χ3v) is 3.51. The minimum Gasteiger partial charge on any atom is -0.496 e. The van der Waals surface area contributed by atoms with Crippen molar-refractivity contribution in [3.63, 3.8) is 0 Å². The SMILES string of the molecule is COc1ccccc1SCC(=O)c1cnn(C)c1. The van der Waals surface area contributed by atoms with Crippen molar-refractivity contribution in [2.45, 2.75) is 4.90 Å². The number of carbonyl (C=O) groups is 1. The zero-order valence-electron chi connectivity index (χ0n) is 10.3. The molecule has 0 saturated carbocycles. The third-order valence-electron chi connectivity index (χ3n) is 2.45. The summed E-state index contributed by atoms with van der Waals surface area (Å²) >= 11 is 1.47. The maximum absolute atomic E-state index is 11.9. The fraction of sp³-hybridized carbons (Fsp3) is 0.231. The summed E-state index contributed by atoms with van der Waals surface area (Å²) in [7, 11) is 3.42. The van der Waals surface area contributed by atoms with E-state index in [1.54, 1.807) is 31.2 Å². The molecular weight excluding hydrogens is 248 g/mol. The van der Waals surface area contributed by atoms with Crippen molar-refractivity contribution in [2.24, 2.45) is 7.05 Å². The van der Waals surface area contributed by atoms with Crippen LogP contribution in [0.25, 0.3) is 0 Å². The first-order valence-electron chi connectivity index (χ1n) is 5.48. The molecule has 0 fully saturated rings. The fourth-order valence-corrected chi connectivity index (χ4v) is 2.45. The van der Waals surface area contributed by atoms with Crippen molar-refractivity contribution in [1.29, 1.82) is 0 Å². The summed E-state index contributed by atoms with van der Waals surface area (Å²) in [5, 5.41) is 3.99. The molecule has 94 valence electrons. The number of ether oxygens (including phenoxy) is 1. The molecule has 0 bridgehead atoms. The normalized spacial score (nSPS) is 10.3. The Balaban J connectivity index is 2.01. The van der Waals surface area contributed by atoms with Gasteiger partial charge < -0.3 is 4.74 Å². The Morgan fingerprint density at radius 3 is 2.89 bits per heavy atom. The van der Waals surface area contributed by atoms with Crippen molar-refractivity contribution in [1.82, 2.24) is 9.78 Å². The lowest BCUT2D eigenvalue weighted by molar-refractivity contribution is 0.102. The molecular formula is C13H14N2O2S. The standard InChI is InChI=1S/C13H14N2O2S/c1-15-8-10(7-14-15)11(16)9-18-13-6-4-3-5-12(13)17-2/h3-8H,9H2,1-2H3. The summed E-state index contributed by atoms with van der Waals surface area (Å²) in [6.45, 7) is 0. The van der Waals surface area contributed by atoms with Gasteiger partial charge in [-0.15, -0.1) is 11.8 Å². The van der Waals surface area contributed by atoms with Gasteiger partial charge in [0, 0.05) is 18.1 Å². The third kappa shape index (κ3) is 2.92. The number of Topliss-reactive ketones (excluding diaryl/α,β-unsaturated/α-hetero) is 1. The van der Waals surface area contributed by atoms with Crippen molar-refractivity contribution in [3.8, 4) is 5.75 Å². The number of rotatable bonds is 5. The highest BCUT2D eigenvalue weighted by Crippen LogP contribution is 2.28. The van der Waals surface area contributed by atoms with Crippen LogP contribution in [0.2, 0.25) is 0 Å². The Hall–Kier alpha value is -1.75. The molecule has 0 spiro atoms. The van der Waals surface area contributed by atoms with Gasteiger partial charge in [0.2, 0.25) is 0 Å². The van der Waals surface area contributed by atoms with Gasteiger partial charge in [-0.2, -0.15) is 5.10 Å². The molecule has 0 aliphatic carbocycles. The number of nitrogens with zero attached hydrogens (tertiary/aromatic N) is 2. The number of carbonyl (C=O) groups excluding carboxylic acids is 1. The first-order valence-corrected chi connectivity index (χ1v) is 6.47. The molecule has 2 rings (SSSR count). The second-order valence-electron chi connectivity index (χ2n) is 3.77. The van der Waals surface area contributed by atoms with Crippen LogP contribution in [0, 0.1) is 0 Å². The second-order valence-corrected chi connectivity index (χ2v) is 4.78. The quantitative estimate of drug-likeness (QED) is 0.613.